The largest absolute Gasteiger partial charge is 0.385 e. The lowest BCUT2D eigenvalue weighted by atomic mass is 9.99. The van der Waals surface area contributed by atoms with E-state index in [0.29, 0.717) is 6.04 Å². The van der Waals surface area contributed by atoms with Crippen molar-refractivity contribution in [1.29, 1.82) is 0 Å². The van der Waals surface area contributed by atoms with Gasteiger partial charge in [-0.15, -0.1) is 0 Å². The Hall–Kier alpha value is -0.160. The molecule has 1 aliphatic heterocycles. The molecule has 0 bridgehead atoms. The van der Waals surface area contributed by atoms with E-state index in [1.54, 1.807) is 7.11 Å². The summed E-state index contributed by atoms with van der Waals surface area (Å²) >= 11 is 0. The van der Waals surface area contributed by atoms with Crippen molar-refractivity contribution in [2.24, 2.45) is 5.92 Å². The highest BCUT2D eigenvalue weighted by atomic mass is 16.5. The van der Waals surface area contributed by atoms with E-state index in [2.05, 4.69) is 24.2 Å². The number of ether oxygens (including phenoxy) is 2. The molecule has 108 valence electrons. The molecule has 1 rings (SSSR count). The molecule has 0 radical (unpaired) electrons. The average Bonchev–Trinajstić information content (AvgIpc) is 2.39. The summed E-state index contributed by atoms with van der Waals surface area (Å²) in [4.78, 5) is 2.47. The lowest BCUT2D eigenvalue weighted by molar-refractivity contribution is 0.0513. The van der Waals surface area contributed by atoms with Gasteiger partial charge in [0.1, 0.15) is 0 Å². The standard InChI is InChI=1S/C14H30N2O2/c1-13(11-15-7-4-8-17-3)16(2)12-14-5-9-18-10-6-14/h13-15H,4-12H2,1-3H3. The highest BCUT2D eigenvalue weighted by molar-refractivity contribution is 4.72. The van der Waals surface area contributed by atoms with Gasteiger partial charge < -0.3 is 19.7 Å². The van der Waals surface area contributed by atoms with Crippen molar-refractivity contribution in [2.75, 3.05) is 53.6 Å². The zero-order chi connectivity index (χ0) is 13.2. The van der Waals surface area contributed by atoms with E-state index in [-0.39, 0.29) is 0 Å². The molecule has 1 unspecified atom stereocenters. The first-order valence-electron chi connectivity index (χ1n) is 7.21. The second-order valence-electron chi connectivity index (χ2n) is 5.39. The third-order valence-corrected chi connectivity index (χ3v) is 3.78. The minimum absolute atomic E-state index is 0.593. The van der Waals surface area contributed by atoms with Gasteiger partial charge in [0.05, 0.1) is 0 Å². The van der Waals surface area contributed by atoms with E-state index in [0.717, 1.165) is 45.2 Å². The Morgan fingerprint density at radius 3 is 2.78 bits per heavy atom. The average molecular weight is 258 g/mol. The maximum atomic E-state index is 5.40. The van der Waals surface area contributed by atoms with Crippen molar-refractivity contribution in [3.8, 4) is 0 Å². The molecular formula is C14H30N2O2. The number of hydrogen-bond acceptors (Lipinski definition) is 4. The lowest BCUT2D eigenvalue weighted by Crippen LogP contribution is -2.41. The molecule has 0 amide bonds. The molecule has 1 atom stereocenters. The van der Waals surface area contributed by atoms with Gasteiger partial charge in [0.25, 0.3) is 0 Å². The smallest absolute Gasteiger partial charge is 0.0474 e. The molecule has 0 saturated carbocycles. The van der Waals surface area contributed by atoms with Crippen molar-refractivity contribution < 1.29 is 9.47 Å². The molecule has 1 saturated heterocycles. The van der Waals surface area contributed by atoms with Gasteiger partial charge in [0, 0.05) is 46.1 Å². The van der Waals surface area contributed by atoms with Crippen LogP contribution in [0.4, 0.5) is 0 Å². The molecule has 1 N–H and O–H groups in total. The van der Waals surface area contributed by atoms with E-state index in [1.165, 1.54) is 19.4 Å². The third-order valence-electron chi connectivity index (χ3n) is 3.78. The Kier molecular flexibility index (Phi) is 8.59. The van der Waals surface area contributed by atoms with Crippen LogP contribution >= 0.6 is 0 Å². The molecule has 0 aromatic carbocycles. The SMILES string of the molecule is COCCCNCC(C)N(C)CC1CCOCC1. The molecule has 0 aromatic heterocycles. The van der Waals surface area contributed by atoms with Gasteiger partial charge in [-0.1, -0.05) is 0 Å². The maximum Gasteiger partial charge on any atom is 0.0474 e. The number of likely N-dealkylation sites (N-methyl/N-ethyl adjacent to an activating group) is 1. The summed E-state index contributed by atoms with van der Waals surface area (Å²) in [7, 11) is 3.99. The molecule has 0 spiro atoms. The summed E-state index contributed by atoms with van der Waals surface area (Å²) in [6, 6.07) is 0.593. The van der Waals surface area contributed by atoms with Gasteiger partial charge in [0.15, 0.2) is 0 Å². The summed E-state index contributed by atoms with van der Waals surface area (Å²) in [5.74, 6) is 0.819. The lowest BCUT2D eigenvalue weighted by Gasteiger charge is -2.31. The van der Waals surface area contributed by atoms with Crippen LogP contribution in [0.25, 0.3) is 0 Å². The summed E-state index contributed by atoms with van der Waals surface area (Å²) in [6.45, 7) is 8.34. The van der Waals surface area contributed by atoms with E-state index in [9.17, 15) is 0 Å². The molecule has 0 aromatic rings. The number of hydrogen-bond donors (Lipinski definition) is 1. The first-order valence-corrected chi connectivity index (χ1v) is 7.21. The Labute approximate surface area is 112 Å². The number of methoxy groups -OCH3 is 1. The van der Waals surface area contributed by atoms with Crippen LogP contribution in [-0.2, 0) is 9.47 Å². The summed E-state index contributed by atoms with van der Waals surface area (Å²) in [5.41, 5.74) is 0. The number of rotatable bonds is 9. The highest BCUT2D eigenvalue weighted by Gasteiger charge is 2.18. The predicted octanol–water partition coefficient (Wildman–Crippen LogP) is 1.36. The first kappa shape index (κ1) is 15.9. The van der Waals surface area contributed by atoms with Gasteiger partial charge in [-0.05, 0) is 45.7 Å². The first-order chi connectivity index (χ1) is 8.74. The van der Waals surface area contributed by atoms with Gasteiger partial charge in [-0.25, -0.2) is 0 Å². The van der Waals surface area contributed by atoms with Crippen LogP contribution in [-0.4, -0.2) is 64.6 Å². The molecule has 4 heteroatoms. The van der Waals surface area contributed by atoms with Crippen LogP contribution in [0.3, 0.4) is 0 Å². The van der Waals surface area contributed by atoms with Crippen LogP contribution in [0, 0.1) is 5.92 Å². The van der Waals surface area contributed by atoms with E-state index < -0.39 is 0 Å². The summed E-state index contributed by atoms with van der Waals surface area (Å²) in [5, 5.41) is 3.49. The summed E-state index contributed by atoms with van der Waals surface area (Å²) in [6.07, 6.45) is 3.53. The number of nitrogens with one attached hydrogen (secondary N) is 1. The zero-order valence-corrected chi connectivity index (χ0v) is 12.3. The van der Waals surface area contributed by atoms with Crippen LogP contribution in [0.2, 0.25) is 0 Å². The van der Waals surface area contributed by atoms with Crippen molar-refractivity contribution in [3.05, 3.63) is 0 Å². The zero-order valence-electron chi connectivity index (χ0n) is 12.3. The van der Waals surface area contributed by atoms with Gasteiger partial charge in [0.2, 0.25) is 0 Å². The van der Waals surface area contributed by atoms with Crippen molar-refractivity contribution in [3.63, 3.8) is 0 Å². The molecule has 1 fully saturated rings. The Balaban J connectivity index is 2.06. The van der Waals surface area contributed by atoms with E-state index in [4.69, 9.17) is 9.47 Å². The Bertz CT molecular complexity index is 196. The molecule has 1 heterocycles. The topological polar surface area (TPSA) is 33.7 Å². The van der Waals surface area contributed by atoms with Crippen LogP contribution in [0.15, 0.2) is 0 Å². The minimum Gasteiger partial charge on any atom is -0.385 e. The Morgan fingerprint density at radius 2 is 2.11 bits per heavy atom. The fraction of sp³-hybridized carbons (Fsp3) is 1.00. The third kappa shape index (κ3) is 6.69. The number of nitrogens with zero attached hydrogens (tertiary/aromatic N) is 1. The predicted molar refractivity (Wildman–Crippen MR) is 75.0 cm³/mol. The van der Waals surface area contributed by atoms with Gasteiger partial charge in [-0.2, -0.15) is 0 Å². The van der Waals surface area contributed by atoms with Crippen LogP contribution in [0.1, 0.15) is 26.2 Å². The van der Waals surface area contributed by atoms with Crippen LogP contribution in [0.5, 0.6) is 0 Å². The van der Waals surface area contributed by atoms with Gasteiger partial charge >= 0.3 is 0 Å². The van der Waals surface area contributed by atoms with Crippen molar-refractivity contribution in [2.45, 2.75) is 32.2 Å². The second-order valence-corrected chi connectivity index (χ2v) is 5.39. The van der Waals surface area contributed by atoms with Crippen molar-refractivity contribution >= 4 is 0 Å². The van der Waals surface area contributed by atoms with E-state index in [1.807, 2.05) is 0 Å². The Morgan fingerprint density at radius 1 is 1.39 bits per heavy atom. The van der Waals surface area contributed by atoms with Gasteiger partial charge in [-0.3, -0.25) is 0 Å². The maximum absolute atomic E-state index is 5.40. The fourth-order valence-electron chi connectivity index (χ4n) is 2.32. The highest BCUT2D eigenvalue weighted by Crippen LogP contribution is 2.16. The van der Waals surface area contributed by atoms with Crippen LogP contribution < -0.4 is 5.32 Å². The quantitative estimate of drug-likeness (QED) is 0.633. The fourth-order valence-corrected chi connectivity index (χ4v) is 2.32. The monoisotopic (exact) mass is 258 g/mol. The molecule has 4 nitrogen and oxygen atoms in total. The molecule has 18 heavy (non-hydrogen) atoms. The second kappa shape index (κ2) is 9.73. The minimum atomic E-state index is 0.593. The molecule has 0 aliphatic carbocycles. The molecular weight excluding hydrogens is 228 g/mol. The summed E-state index contributed by atoms with van der Waals surface area (Å²) < 4.78 is 10.4. The van der Waals surface area contributed by atoms with E-state index >= 15 is 0 Å². The molecule has 1 aliphatic rings. The normalized spacial score (nSPS) is 19.3. The van der Waals surface area contributed by atoms with Crippen molar-refractivity contribution in [1.82, 2.24) is 10.2 Å².